The lowest BCUT2D eigenvalue weighted by Gasteiger charge is -2.39. The van der Waals surface area contributed by atoms with Crippen molar-refractivity contribution in [2.24, 2.45) is 5.92 Å². The number of aryl methyl sites for hydroxylation is 1. The molecular formula is C31H38Cl2N2O3S. The minimum absolute atomic E-state index is 0.360. The molecular weight excluding hydrogens is 551 g/mol. The molecule has 1 aromatic heterocycles. The number of thiophene rings is 1. The molecule has 5 rings (SSSR count). The van der Waals surface area contributed by atoms with E-state index in [1.807, 2.05) is 18.2 Å². The maximum absolute atomic E-state index is 11.3. The Labute approximate surface area is 245 Å². The molecule has 0 amide bonds. The van der Waals surface area contributed by atoms with Crippen LogP contribution in [0.15, 0.2) is 59.3 Å². The minimum atomic E-state index is -0.719. The molecule has 2 saturated heterocycles. The highest BCUT2D eigenvalue weighted by Crippen LogP contribution is 2.39. The normalized spacial score (nSPS) is 22.7. The summed E-state index contributed by atoms with van der Waals surface area (Å²) in [6.07, 6.45) is 3.67. The maximum atomic E-state index is 11.3. The Balaban J connectivity index is 1.16. The first-order chi connectivity index (χ1) is 18.8. The maximum Gasteiger partial charge on any atom is 0.133 e. The van der Waals surface area contributed by atoms with Crippen LogP contribution in [-0.4, -0.2) is 65.4 Å². The van der Waals surface area contributed by atoms with E-state index < -0.39 is 11.8 Å². The van der Waals surface area contributed by atoms with Crippen LogP contribution in [0.25, 0.3) is 0 Å². The number of ether oxygens (including phenoxy) is 1. The van der Waals surface area contributed by atoms with Gasteiger partial charge in [0.05, 0.1) is 22.8 Å². The zero-order valence-corrected chi connectivity index (χ0v) is 24.8. The summed E-state index contributed by atoms with van der Waals surface area (Å²) in [4.78, 5) is 4.67. The van der Waals surface area contributed by atoms with Gasteiger partial charge in [0.2, 0.25) is 0 Å². The van der Waals surface area contributed by atoms with Gasteiger partial charge in [0, 0.05) is 38.6 Å². The molecule has 0 radical (unpaired) electrons. The average Bonchev–Trinajstić information content (AvgIpc) is 3.62. The Hall–Kier alpha value is -1.64. The number of hydrogen-bond donors (Lipinski definition) is 2. The second-order valence-electron chi connectivity index (χ2n) is 11.2. The number of benzene rings is 2. The second kappa shape index (κ2) is 12.9. The first-order valence-corrected chi connectivity index (χ1v) is 15.5. The number of piperidine rings is 1. The molecule has 210 valence electrons. The Morgan fingerprint density at radius 3 is 2.49 bits per heavy atom. The quantitative estimate of drug-likeness (QED) is 0.279. The highest BCUT2D eigenvalue weighted by molar-refractivity contribution is 7.08. The van der Waals surface area contributed by atoms with E-state index in [4.69, 9.17) is 27.9 Å². The van der Waals surface area contributed by atoms with E-state index in [1.54, 1.807) is 30.6 Å². The monoisotopic (exact) mass is 588 g/mol. The van der Waals surface area contributed by atoms with E-state index >= 15 is 0 Å². The number of aliphatic hydroxyl groups excluding tert-OH is 1. The summed E-state index contributed by atoms with van der Waals surface area (Å²) in [7, 11) is 1.68. The van der Waals surface area contributed by atoms with Crippen molar-refractivity contribution in [2.45, 2.75) is 49.9 Å². The van der Waals surface area contributed by atoms with Gasteiger partial charge in [-0.15, -0.1) is 0 Å². The summed E-state index contributed by atoms with van der Waals surface area (Å²) < 4.78 is 5.25. The molecule has 3 aromatic rings. The molecule has 3 unspecified atom stereocenters. The van der Waals surface area contributed by atoms with Gasteiger partial charge in [-0.25, -0.2) is 0 Å². The molecule has 3 heterocycles. The molecule has 2 fully saturated rings. The van der Waals surface area contributed by atoms with Gasteiger partial charge in [-0.1, -0.05) is 41.4 Å². The van der Waals surface area contributed by atoms with Crippen LogP contribution in [-0.2, 0) is 6.42 Å². The number of likely N-dealkylation sites (tertiary alicyclic amines) is 2. The molecule has 0 spiro atoms. The lowest BCUT2D eigenvalue weighted by molar-refractivity contribution is -0.0324. The first-order valence-electron chi connectivity index (χ1n) is 13.8. The molecule has 2 N–H and O–H groups in total. The van der Waals surface area contributed by atoms with Crippen molar-refractivity contribution in [3.05, 3.63) is 86.0 Å². The first kappa shape index (κ1) is 28.9. The van der Waals surface area contributed by atoms with Gasteiger partial charge >= 0.3 is 0 Å². The zero-order valence-electron chi connectivity index (χ0n) is 22.4. The van der Waals surface area contributed by atoms with Crippen molar-refractivity contribution in [3.8, 4) is 5.75 Å². The topological polar surface area (TPSA) is 56.2 Å². The number of halogens is 2. The summed E-state index contributed by atoms with van der Waals surface area (Å²) in [6.45, 7) is 4.38. The van der Waals surface area contributed by atoms with E-state index in [2.05, 4.69) is 38.8 Å². The van der Waals surface area contributed by atoms with E-state index in [1.165, 1.54) is 11.1 Å². The fourth-order valence-electron chi connectivity index (χ4n) is 6.18. The second-order valence-corrected chi connectivity index (χ2v) is 12.7. The highest BCUT2D eigenvalue weighted by atomic mass is 35.5. The lowest BCUT2D eigenvalue weighted by atomic mass is 9.84. The molecule has 0 saturated carbocycles. The third kappa shape index (κ3) is 7.17. The summed E-state index contributed by atoms with van der Waals surface area (Å²) in [5, 5.41) is 27.8. The fraction of sp³-hybridized carbons (Fsp3) is 0.484. The SMILES string of the molecule is COc1ccc(CCCC2(O)CCN(CC3CN(C(O)c4ccc(Cl)c(Cl)c4)CC3c3ccsc3)CC2)cc1. The summed E-state index contributed by atoms with van der Waals surface area (Å²) in [5.74, 6) is 1.64. The van der Waals surface area contributed by atoms with Crippen LogP contribution in [0.3, 0.4) is 0 Å². The van der Waals surface area contributed by atoms with Gasteiger partial charge in [-0.3, -0.25) is 4.90 Å². The highest BCUT2D eigenvalue weighted by Gasteiger charge is 2.39. The zero-order chi connectivity index (χ0) is 27.4. The summed E-state index contributed by atoms with van der Waals surface area (Å²) in [5.41, 5.74) is 2.82. The molecule has 8 heteroatoms. The van der Waals surface area contributed by atoms with Gasteiger partial charge < -0.3 is 19.8 Å². The predicted octanol–water partition coefficient (Wildman–Crippen LogP) is 6.62. The Bertz CT molecular complexity index is 1200. The van der Waals surface area contributed by atoms with Crippen LogP contribution >= 0.6 is 34.5 Å². The van der Waals surface area contributed by atoms with Crippen LogP contribution in [0, 0.1) is 5.92 Å². The largest absolute Gasteiger partial charge is 0.497 e. The summed E-state index contributed by atoms with van der Waals surface area (Å²) in [6, 6.07) is 15.8. The van der Waals surface area contributed by atoms with E-state index in [-0.39, 0.29) is 0 Å². The predicted molar refractivity (Wildman–Crippen MR) is 160 cm³/mol. The fourth-order valence-corrected chi connectivity index (χ4v) is 7.22. The van der Waals surface area contributed by atoms with Crippen LogP contribution in [0.1, 0.15) is 54.5 Å². The molecule has 39 heavy (non-hydrogen) atoms. The van der Waals surface area contributed by atoms with Gasteiger partial charge in [0.1, 0.15) is 12.0 Å². The number of methoxy groups -OCH3 is 1. The minimum Gasteiger partial charge on any atom is -0.497 e. The average molecular weight is 590 g/mol. The van der Waals surface area contributed by atoms with Crippen molar-refractivity contribution >= 4 is 34.5 Å². The van der Waals surface area contributed by atoms with Gasteiger partial charge in [-0.05, 0) is 95.8 Å². The van der Waals surface area contributed by atoms with E-state index in [0.717, 1.165) is 76.1 Å². The molecule has 5 nitrogen and oxygen atoms in total. The van der Waals surface area contributed by atoms with Crippen LogP contribution in [0.4, 0.5) is 0 Å². The van der Waals surface area contributed by atoms with Crippen LogP contribution in [0.5, 0.6) is 5.75 Å². The van der Waals surface area contributed by atoms with Crippen molar-refractivity contribution in [1.82, 2.24) is 9.80 Å². The van der Waals surface area contributed by atoms with Crippen molar-refractivity contribution in [1.29, 1.82) is 0 Å². The summed E-state index contributed by atoms with van der Waals surface area (Å²) >= 11 is 14.1. The standard InChI is InChI=1S/C31H38Cl2N2O3S/c1-38-26-7-4-22(5-8-26)3-2-11-31(37)12-14-34(15-13-31)18-25-19-35(20-27(25)24-10-16-39-21-24)30(36)23-6-9-28(32)29(33)17-23/h4-10,16-17,21,25,27,30,36-37H,2-3,11-15,18-20H2,1H3. The molecule has 2 aliphatic rings. The molecule has 2 aromatic carbocycles. The van der Waals surface area contributed by atoms with Crippen molar-refractivity contribution in [2.75, 3.05) is 39.8 Å². The molecule has 2 aliphatic heterocycles. The number of nitrogens with zero attached hydrogens (tertiary/aromatic N) is 2. The van der Waals surface area contributed by atoms with Crippen LogP contribution < -0.4 is 4.74 Å². The van der Waals surface area contributed by atoms with Gasteiger partial charge in [0.15, 0.2) is 0 Å². The van der Waals surface area contributed by atoms with Crippen molar-refractivity contribution in [3.63, 3.8) is 0 Å². The number of rotatable bonds is 10. The Morgan fingerprint density at radius 1 is 1.05 bits per heavy atom. The Morgan fingerprint density at radius 2 is 1.82 bits per heavy atom. The van der Waals surface area contributed by atoms with Crippen molar-refractivity contribution < 1.29 is 14.9 Å². The smallest absolute Gasteiger partial charge is 0.133 e. The van der Waals surface area contributed by atoms with Gasteiger partial charge in [0.25, 0.3) is 0 Å². The van der Waals surface area contributed by atoms with Gasteiger partial charge in [-0.2, -0.15) is 11.3 Å². The number of aliphatic hydroxyl groups is 2. The third-order valence-corrected chi connectivity index (χ3v) is 10.0. The Kier molecular flexibility index (Phi) is 9.55. The molecule has 0 bridgehead atoms. The number of hydrogen-bond acceptors (Lipinski definition) is 6. The third-order valence-electron chi connectivity index (χ3n) is 8.57. The van der Waals surface area contributed by atoms with E-state index in [9.17, 15) is 10.2 Å². The van der Waals surface area contributed by atoms with E-state index in [0.29, 0.717) is 21.9 Å². The molecule has 3 atom stereocenters. The van der Waals surface area contributed by atoms with Crippen LogP contribution in [0.2, 0.25) is 10.0 Å². The molecule has 0 aliphatic carbocycles. The lowest BCUT2D eigenvalue weighted by Crippen LogP contribution is -2.46.